The van der Waals surface area contributed by atoms with Crippen molar-refractivity contribution >= 4 is 6.08 Å². The average Bonchev–Trinajstić information content (AvgIpc) is 2.12. The maximum absolute atomic E-state index is 5.40. The van der Waals surface area contributed by atoms with E-state index >= 15 is 0 Å². The lowest BCUT2D eigenvalue weighted by Gasteiger charge is -2.00. The van der Waals surface area contributed by atoms with Gasteiger partial charge in [-0.25, -0.2) is 0 Å². The number of hydrogen-bond donors (Lipinski definition) is 1. The molecule has 1 heteroatoms. The minimum Gasteiger partial charge on any atom is -0.330 e. The molecule has 0 atom stereocenters. The van der Waals surface area contributed by atoms with Crippen LogP contribution in [0.3, 0.4) is 0 Å². The van der Waals surface area contributed by atoms with Gasteiger partial charge in [0.1, 0.15) is 0 Å². The fourth-order valence-corrected chi connectivity index (χ4v) is 1.18. The Morgan fingerprint density at radius 3 is 2.62 bits per heavy atom. The Morgan fingerprint density at radius 1 is 1.23 bits per heavy atom. The van der Waals surface area contributed by atoms with Crippen LogP contribution in [-0.2, 0) is 0 Å². The summed E-state index contributed by atoms with van der Waals surface area (Å²) >= 11 is 0. The van der Waals surface area contributed by atoms with Crippen molar-refractivity contribution in [1.29, 1.82) is 0 Å². The number of nitrogens with two attached hydrogens (primary N) is 1. The van der Waals surface area contributed by atoms with Crippen molar-refractivity contribution in [3.05, 3.63) is 41.0 Å². The van der Waals surface area contributed by atoms with Crippen molar-refractivity contribution in [2.45, 2.75) is 20.3 Å². The molecule has 0 fully saturated rings. The molecule has 0 heterocycles. The molecule has 2 N–H and O–H groups in total. The van der Waals surface area contributed by atoms with Gasteiger partial charge >= 0.3 is 0 Å². The molecule has 0 saturated heterocycles. The van der Waals surface area contributed by atoms with Crippen molar-refractivity contribution in [3.8, 4) is 0 Å². The highest BCUT2D eigenvalue weighted by Crippen LogP contribution is 2.11. The topological polar surface area (TPSA) is 26.0 Å². The van der Waals surface area contributed by atoms with E-state index in [1.165, 1.54) is 16.7 Å². The monoisotopic (exact) mass is 175 g/mol. The first kappa shape index (κ1) is 10.0. The summed E-state index contributed by atoms with van der Waals surface area (Å²) in [5.74, 6) is 0. The van der Waals surface area contributed by atoms with Crippen LogP contribution < -0.4 is 5.73 Å². The Morgan fingerprint density at radius 2 is 2.00 bits per heavy atom. The van der Waals surface area contributed by atoms with Crippen molar-refractivity contribution in [2.75, 3.05) is 6.54 Å². The molecule has 0 spiro atoms. The molecule has 0 saturated carbocycles. The van der Waals surface area contributed by atoms with Gasteiger partial charge in [-0.15, -0.1) is 0 Å². The third-order valence-electron chi connectivity index (χ3n) is 2.17. The van der Waals surface area contributed by atoms with Gasteiger partial charge in [0.15, 0.2) is 0 Å². The van der Waals surface area contributed by atoms with Crippen LogP contribution in [-0.4, -0.2) is 6.54 Å². The van der Waals surface area contributed by atoms with Crippen LogP contribution in [0.4, 0.5) is 0 Å². The molecule has 0 aromatic heterocycles. The van der Waals surface area contributed by atoms with Gasteiger partial charge < -0.3 is 5.73 Å². The zero-order valence-electron chi connectivity index (χ0n) is 8.38. The molecule has 1 nitrogen and oxygen atoms in total. The highest BCUT2D eigenvalue weighted by Gasteiger charge is 1.91. The molecule has 13 heavy (non-hydrogen) atoms. The summed E-state index contributed by atoms with van der Waals surface area (Å²) in [6, 6.07) is 6.48. The second-order valence-electron chi connectivity index (χ2n) is 3.32. The van der Waals surface area contributed by atoms with Crippen molar-refractivity contribution in [2.24, 2.45) is 5.73 Å². The van der Waals surface area contributed by atoms with Gasteiger partial charge in [0.2, 0.25) is 0 Å². The molecule has 0 aliphatic heterocycles. The van der Waals surface area contributed by atoms with Gasteiger partial charge in [0.25, 0.3) is 0 Å². The molecule has 0 bridgehead atoms. The average molecular weight is 175 g/mol. The van der Waals surface area contributed by atoms with E-state index in [2.05, 4.69) is 44.2 Å². The van der Waals surface area contributed by atoms with Gasteiger partial charge in [0, 0.05) is 0 Å². The fraction of sp³-hybridized carbons (Fsp3) is 0.333. The van der Waals surface area contributed by atoms with E-state index in [0.29, 0.717) is 0 Å². The third kappa shape index (κ3) is 3.03. The molecule has 0 radical (unpaired) electrons. The molecular weight excluding hydrogens is 158 g/mol. The van der Waals surface area contributed by atoms with Crippen molar-refractivity contribution in [3.63, 3.8) is 0 Å². The zero-order chi connectivity index (χ0) is 9.68. The number of benzene rings is 1. The summed E-state index contributed by atoms with van der Waals surface area (Å²) in [5, 5.41) is 0. The van der Waals surface area contributed by atoms with Gasteiger partial charge in [-0.05, 0) is 43.5 Å². The number of hydrogen-bond acceptors (Lipinski definition) is 1. The highest BCUT2D eigenvalue weighted by molar-refractivity contribution is 5.51. The van der Waals surface area contributed by atoms with E-state index in [1.54, 1.807) is 0 Å². The van der Waals surface area contributed by atoms with Crippen molar-refractivity contribution in [1.82, 2.24) is 0 Å². The first-order chi connectivity index (χ1) is 6.24. The lowest BCUT2D eigenvalue weighted by molar-refractivity contribution is 1.01. The van der Waals surface area contributed by atoms with Crippen LogP contribution in [0.5, 0.6) is 0 Å². The Kier molecular flexibility index (Phi) is 3.71. The second kappa shape index (κ2) is 4.83. The number of rotatable bonds is 3. The molecule has 0 aliphatic carbocycles. The Hall–Kier alpha value is -1.08. The quantitative estimate of drug-likeness (QED) is 0.751. The largest absolute Gasteiger partial charge is 0.330 e. The predicted octanol–water partition coefficient (Wildman–Crippen LogP) is 2.67. The van der Waals surface area contributed by atoms with E-state index in [1.807, 2.05) is 0 Å². The molecule has 0 aliphatic rings. The van der Waals surface area contributed by atoms with E-state index in [4.69, 9.17) is 5.73 Å². The van der Waals surface area contributed by atoms with E-state index in [0.717, 1.165) is 13.0 Å². The summed E-state index contributed by atoms with van der Waals surface area (Å²) in [5.41, 5.74) is 9.34. The van der Waals surface area contributed by atoms with Gasteiger partial charge in [-0.3, -0.25) is 0 Å². The smallest absolute Gasteiger partial charge is 0.00425 e. The summed E-state index contributed by atoms with van der Waals surface area (Å²) < 4.78 is 0. The fourth-order valence-electron chi connectivity index (χ4n) is 1.18. The van der Waals surface area contributed by atoms with Crippen LogP contribution in [0.15, 0.2) is 24.3 Å². The summed E-state index contributed by atoms with van der Waals surface area (Å²) in [6.07, 6.45) is 5.19. The third-order valence-corrected chi connectivity index (χ3v) is 2.17. The maximum Gasteiger partial charge on any atom is -0.00425 e. The summed E-state index contributed by atoms with van der Waals surface area (Å²) in [6.45, 7) is 4.99. The minimum absolute atomic E-state index is 0.724. The van der Waals surface area contributed by atoms with Crippen molar-refractivity contribution < 1.29 is 0 Å². The minimum atomic E-state index is 0.724. The molecule has 0 amide bonds. The van der Waals surface area contributed by atoms with E-state index in [-0.39, 0.29) is 0 Å². The van der Waals surface area contributed by atoms with Crippen LogP contribution >= 0.6 is 0 Å². The molecule has 70 valence electrons. The lowest BCUT2D eigenvalue weighted by atomic mass is 10.1. The standard InChI is InChI=1S/C12H17N/c1-10-6-7-12(9-11(10)2)5-3-4-8-13/h3,5-7,9H,4,8,13H2,1-2H3/b5-3+. The normalized spacial score (nSPS) is 11.0. The Labute approximate surface area is 80.3 Å². The Bertz CT molecular complexity index is 300. The highest BCUT2D eigenvalue weighted by atomic mass is 14.5. The molecule has 0 unspecified atom stereocenters. The van der Waals surface area contributed by atoms with Gasteiger partial charge in [0.05, 0.1) is 0 Å². The maximum atomic E-state index is 5.40. The second-order valence-corrected chi connectivity index (χ2v) is 3.32. The molecule has 1 aromatic rings. The number of aryl methyl sites for hydroxylation is 2. The zero-order valence-corrected chi connectivity index (χ0v) is 8.38. The van der Waals surface area contributed by atoms with E-state index < -0.39 is 0 Å². The van der Waals surface area contributed by atoms with Crippen LogP contribution in [0.2, 0.25) is 0 Å². The van der Waals surface area contributed by atoms with Crippen LogP contribution in [0.25, 0.3) is 6.08 Å². The SMILES string of the molecule is Cc1ccc(/C=C/CCN)cc1C. The van der Waals surface area contributed by atoms with Crippen LogP contribution in [0.1, 0.15) is 23.1 Å². The molecular formula is C12H17N. The van der Waals surface area contributed by atoms with Gasteiger partial charge in [-0.1, -0.05) is 30.4 Å². The molecule has 1 aromatic carbocycles. The lowest BCUT2D eigenvalue weighted by Crippen LogP contribution is -1.94. The van der Waals surface area contributed by atoms with Gasteiger partial charge in [-0.2, -0.15) is 0 Å². The Balaban J connectivity index is 2.73. The first-order valence-electron chi connectivity index (χ1n) is 4.68. The summed E-state index contributed by atoms with van der Waals surface area (Å²) in [4.78, 5) is 0. The van der Waals surface area contributed by atoms with Crippen LogP contribution in [0, 0.1) is 13.8 Å². The molecule has 1 rings (SSSR count). The predicted molar refractivity (Wildman–Crippen MR) is 58.6 cm³/mol. The van der Waals surface area contributed by atoms with E-state index in [9.17, 15) is 0 Å². The summed E-state index contributed by atoms with van der Waals surface area (Å²) in [7, 11) is 0. The first-order valence-corrected chi connectivity index (χ1v) is 4.68.